The first kappa shape index (κ1) is 13.5. The molecule has 1 fully saturated rings. The van der Waals surface area contributed by atoms with Crippen LogP contribution in [-0.2, 0) is 5.75 Å². The van der Waals surface area contributed by atoms with Gasteiger partial charge in [0.25, 0.3) is 0 Å². The van der Waals surface area contributed by atoms with E-state index in [2.05, 4.69) is 20.2 Å². The monoisotopic (exact) mass is 313 g/mol. The predicted octanol–water partition coefficient (Wildman–Crippen LogP) is 2.45. The van der Waals surface area contributed by atoms with Gasteiger partial charge in [-0.2, -0.15) is 0 Å². The maximum Gasteiger partial charge on any atom is 0.344 e. The van der Waals surface area contributed by atoms with Gasteiger partial charge in [-0.3, -0.25) is 4.57 Å². The molecule has 0 spiro atoms. The fraction of sp³-hybridized carbons (Fsp3) is 0.333. The zero-order valence-electron chi connectivity index (χ0n) is 12.1. The van der Waals surface area contributed by atoms with E-state index < -0.39 is 0 Å². The van der Waals surface area contributed by atoms with Gasteiger partial charge in [0.15, 0.2) is 5.16 Å². The highest BCUT2D eigenvalue weighted by atomic mass is 32.2. The molecule has 4 rings (SSSR count). The predicted molar refractivity (Wildman–Crippen MR) is 85.0 cm³/mol. The van der Waals surface area contributed by atoms with E-state index in [1.165, 1.54) is 11.8 Å². The minimum absolute atomic E-state index is 0.119. The first-order valence-electron chi connectivity index (χ1n) is 7.24. The number of hydrogen-bond donors (Lipinski definition) is 1. The van der Waals surface area contributed by atoms with Crippen molar-refractivity contribution in [2.24, 2.45) is 0 Å². The number of benzene rings is 1. The van der Waals surface area contributed by atoms with Gasteiger partial charge in [-0.05, 0) is 31.9 Å². The topological polar surface area (TPSA) is 76.5 Å². The molecule has 0 atom stereocenters. The van der Waals surface area contributed by atoms with Crippen molar-refractivity contribution in [1.29, 1.82) is 0 Å². The van der Waals surface area contributed by atoms with Crippen LogP contribution < -0.4 is 5.69 Å². The summed E-state index contributed by atoms with van der Waals surface area (Å²) in [6.07, 6.45) is 2.11. The lowest BCUT2D eigenvalue weighted by Crippen LogP contribution is -2.16. The number of rotatable bonds is 4. The normalized spacial score (nSPS) is 14.6. The van der Waals surface area contributed by atoms with Crippen LogP contribution >= 0.6 is 11.8 Å². The summed E-state index contributed by atoms with van der Waals surface area (Å²) in [6.45, 7) is 1.97. The van der Waals surface area contributed by atoms with Crippen molar-refractivity contribution in [3.05, 3.63) is 46.1 Å². The zero-order valence-corrected chi connectivity index (χ0v) is 12.9. The van der Waals surface area contributed by atoms with Crippen molar-refractivity contribution in [1.82, 2.24) is 24.7 Å². The smallest absolute Gasteiger partial charge is 0.267 e. The fourth-order valence-electron chi connectivity index (χ4n) is 2.44. The van der Waals surface area contributed by atoms with Gasteiger partial charge < -0.3 is 0 Å². The molecule has 112 valence electrons. The molecule has 1 N–H and O–H groups in total. The highest BCUT2D eigenvalue weighted by Gasteiger charge is 2.28. The van der Waals surface area contributed by atoms with Crippen molar-refractivity contribution >= 4 is 22.8 Å². The molecule has 1 saturated carbocycles. The van der Waals surface area contributed by atoms with Crippen LogP contribution in [0.2, 0.25) is 0 Å². The van der Waals surface area contributed by atoms with E-state index in [4.69, 9.17) is 0 Å². The van der Waals surface area contributed by atoms with Crippen LogP contribution in [0.3, 0.4) is 0 Å². The number of aryl methyl sites for hydroxylation is 1. The molecule has 1 aliphatic rings. The molecular weight excluding hydrogens is 298 g/mol. The molecule has 0 radical (unpaired) electrons. The minimum Gasteiger partial charge on any atom is -0.267 e. The van der Waals surface area contributed by atoms with Gasteiger partial charge in [0.1, 0.15) is 0 Å². The van der Waals surface area contributed by atoms with Crippen molar-refractivity contribution in [3.63, 3.8) is 0 Å². The first-order valence-corrected chi connectivity index (χ1v) is 8.23. The summed E-state index contributed by atoms with van der Waals surface area (Å²) in [5.74, 6) is 0.653. The molecule has 2 heterocycles. The Morgan fingerprint density at radius 2 is 2.00 bits per heavy atom. The number of hydrogen-bond acceptors (Lipinski definition) is 5. The molecule has 1 aromatic carbocycles. The summed E-state index contributed by atoms with van der Waals surface area (Å²) in [6, 6.07) is 8.16. The SMILES string of the molecule is Cc1nc2ccccc2nc1CSc1n[nH]c(=O)n1C1CC1. The van der Waals surface area contributed by atoms with Gasteiger partial charge in [0, 0.05) is 11.8 Å². The van der Waals surface area contributed by atoms with Gasteiger partial charge in [-0.25, -0.2) is 19.9 Å². The van der Waals surface area contributed by atoms with Crippen molar-refractivity contribution in [2.45, 2.75) is 36.7 Å². The van der Waals surface area contributed by atoms with Crippen LogP contribution in [0, 0.1) is 6.92 Å². The standard InChI is InChI=1S/C15H15N5OS/c1-9-13(17-12-5-3-2-4-11(12)16-9)8-22-15-19-18-14(21)20(15)10-6-7-10/h2-5,10H,6-8H2,1H3,(H,18,21). The number of nitrogens with one attached hydrogen (secondary N) is 1. The molecule has 6 nitrogen and oxygen atoms in total. The van der Waals surface area contributed by atoms with Crippen molar-refractivity contribution in [2.75, 3.05) is 0 Å². The summed E-state index contributed by atoms with van der Waals surface area (Å²) in [7, 11) is 0. The Kier molecular flexibility index (Phi) is 3.22. The third-order valence-corrected chi connectivity index (χ3v) is 4.73. The second-order valence-corrected chi connectivity index (χ2v) is 6.39. The summed E-state index contributed by atoms with van der Waals surface area (Å²) in [4.78, 5) is 21.0. The largest absolute Gasteiger partial charge is 0.344 e. The van der Waals surface area contributed by atoms with E-state index in [9.17, 15) is 4.79 Å². The lowest BCUT2D eigenvalue weighted by atomic mass is 10.2. The third-order valence-electron chi connectivity index (χ3n) is 3.77. The van der Waals surface area contributed by atoms with E-state index in [1.54, 1.807) is 4.57 Å². The van der Waals surface area contributed by atoms with Crippen LogP contribution in [0.1, 0.15) is 30.3 Å². The number of aromatic amines is 1. The van der Waals surface area contributed by atoms with Gasteiger partial charge in [0.2, 0.25) is 0 Å². The Balaban J connectivity index is 1.61. The van der Waals surface area contributed by atoms with E-state index in [0.29, 0.717) is 11.8 Å². The van der Waals surface area contributed by atoms with Gasteiger partial charge >= 0.3 is 5.69 Å². The number of para-hydroxylation sites is 2. The highest BCUT2D eigenvalue weighted by molar-refractivity contribution is 7.98. The van der Waals surface area contributed by atoms with Crippen LogP contribution in [0.5, 0.6) is 0 Å². The summed E-state index contributed by atoms with van der Waals surface area (Å²) < 4.78 is 1.76. The van der Waals surface area contributed by atoms with E-state index in [1.807, 2.05) is 31.2 Å². The fourth-order valence-corrected chi connectivity index (χ4v) is 3.46. The third kappa shape index (κ3) is 2.41. The number of aromatic nitrogens is 5. The molecule has 3 aromatic rings. The maximum atomic E-state index is 11.8. The molecule has 0 amide bonds. The molecule has 2 aromatic heterocycles. The number of fused-ring (bicyclic) bond motifs is 1. The molecule has 0 unspecified atom stereocenters. The lowest BCUT2D eigenvalue weighted by molar-refractivity contribution is 0.642. The molecule has 0 aliphatic heterocycles. The Bertz CT molecular complexity index is 896. The van der Waals surface area contributed by atoms with E-state index >= 15 is 0 Å². The van der Waals surface area contributed by atoms with Gasteiger partial charge in [0.05, 0.1) is 22.4 Å². The Labute approximate surface area is 131 Å². The number of thioether (sulfide) groups is 1. The number of nitrogens with zero attached hydrogens (tertiary/aromatic N) is 4. The van der Waals surface area contributed by atoms with Crippen LogP contribution in [-0.4, -0.2) is 24.7 Å². The van der Waals surface area contributed by atoms with Crippen LogP contribution in [0.4, 0.5) is 0 Å². The average molecular weight is 313 g/mol. The van der Waals surface area contributed by atoms with E-state index in [0.717, 1.165) is 40.4 Å². The first-order chi connectivity index (χ1) is 10.7. The Morgan fingerprint density at radius 1 is 1.27 bits per heavy atom. The quantitative estimate of drug-likeness (QED) is 0.749. The molecule has 0 bridgehead atoms. The molecule has 22 heavy (non-hydrogen) atoms. The molecule has 7 heteroatoms. The molecular formula is C15H15N5OS. The highest BCUT2D eigenvalue weighted by Crippen LogP contribution is 2.36. The Hall–Kier alpha value is -2.15. The zero-order chi connectivity index (χ0) is 15.1. The minimum atomic E-state index is -0.119. The molecule has 1 aliphatic carbocycles. The molecule has 0 saturated heterocycles. The van der Waals surface area contributed by atoms with Gasteiger partial charge in [-0.1, -0.05) is 23.9 Å². The second-order valence-electron chi connectivity index (χ2n) is 5.45. The Morgan fingerprint density at radius 3 is 2.73 bits per heavy atom. The number of H-pyrrole nitrogens is 1. The average Bonchev–Trinajstić information content (AvgIpc) is 3.28. The van der Waals surface area contributed by atoms with Crippen LogP contribution in [0.25, 0.3) is 11.0 Å². The summed E-state index contributed by atoms with van der Waals surface area (Å²) >= 11 is 1.53. The van der Waals surface area contributed by atoms with Crippen molar-refractivity contribution in [3.8, 4) is 0 Å². The van der Waals surface area contributed by atoms with Crippen LogP contribution in [0.15, 0.2) is 34.2 Å². The summed E-state index contributed by atoms with van der Waals surface area (Å²) in [5, 5.41) is 7.40. The lowest BCUT2D eigenvalue weighted by Gasteiger charge is -2.07. The maximum absolute atomic E-state index is 11.8. The van der Waals surface area contributed by atoms with Crippen molar-refractivity contribution < 1.29 is 0 Å². The van der Waals surface area contributed by atoms with Gasteiger partial charge in [-0.15, -0.1) is 5.10 Å². The second kappa shape index (κ2) is 5.24. The summed E-state index contributed by atoms with van der Waals surface area (Å²) in [5.41, 5.74) is 3.53. The van der Waals surface area contributed by atoms with E-state index in [-0.39, 0.29) is 5.69 Å².